The maximum atomic E-state index is 2.27. The number of benzene rings is 4. The lowest BCUT2D eigenvalue weighted by Gasteiger charge is -2.12. The normalized spacial score (nSPS) is 12.0. The quantitative estimate of drug-likeness (QED) is 0.238. The van der Waals surface area contributed by atoms with E-state index in [9.17, 15) is 0 Å². The maximum absolute atomic E-state index is 2.27. The summed E-state index contributed by atoms with van der Waals surface area (Å²) in [5, 5.41) is 8.03. The lowest BCUT2D eigenvalue weighted by Crippen LogP contribution is -2.32. The lowest BCUT2D eigenvalue weighted by atomic mass is 9.92. The van der Waals surface area contributed by atoms with Gasteiger partial charge in [0.1, 0.15) is 6.54 Å². The first kappa shape index (κ1) is 16.9. The van der Waals surface area contributed by atoms with Gasteiger partial charge >= 0.3 is 0 Å². The molecule has 5 rings (SSSR count). The third-order valence-electron chi connectivity index (χ3n) is 5.70. The van der Waals surface area contributed by atoms with E-state index < -0.39 is 0 Å². The molecule has 4 aromatic carbocycles. The Labute approximate surface area is 165 Å². The number of aryl methyl sites for hydroxylation is 1. The zero-order valence-corrected chi connectivity index (χ0v) is 16.2. The summed E-state index contributed by atoms with van der Waals surface area (Å²) in [6.45, 7) is 3.32. The summed E-state index contributed by atoms with van der Waals surface area (Å²) in [5.74, 6) is 0. The van der Waals surface area contributed by atoms with Gasteiger partial charge in [-0.2, -0.15) is 0 Å². The second-order valence-electron chi connectivity index (χ2n) is 7.57. The first-order chi connectivity index (χ1) is 13.8. The zero-order chi connectivity index (χ0) is 18.9. The van der Waals surface area contributed by atoms with Crippen molar-refractivity contribution in [3.8, 4) is 0 Å². The molecule has 0 aliphatic rings. The Morgan fingerprint density at radius 2 is 1.39 bits per heavy atom. The number of unbranched alkanes of at least 4 members (excludes halogenated alkanes) is 1. The molecule has 1 heterocycles. The molecule has 5 aromatic rings. The fourth-order valence-electron chi connectivity index (χ4n) is 4.16. The van der Waals surface area contributed by atoms with Crippen LogP contribution in [0.2, 0.25) is 0 Å². The average Bonchev–Trinajstić information content (AvgIpc) is 2.76. The van der Waals surface area contributed by atoms with Gasteiger partial charge in [-0.1, -0.05) is 80.1 Å². The third-order valence-corrected chi connectivity index (χ3v) is 5.70. The SMILES string of the molecule is CCCC[n+]1ccc(/C=C/c2ccc3ccc4cccc5ccc2c3c45)cc1. The van der Waals surface area contributed by atoms with E-state index in [0.717, 1.165) is 6.54 Å². The Bertz CT molecular complexity index is 1260. The summed E-state index contributed by atoms with van der Waals surface area (Å²) in [5.41, 5.74) is 2.51. The molecule has 0 N–H and O–H groups in total. The summed E-state index contributed by atoms with van der Waals surface area (Å²) in [4.78, 5) is 0. The van der Waals surface area contributed by atoms with Gasteiger partial charge in [-0.15, -0.1) is 0 Å². The fraction of sp³-hybridized carbons (Fsp3) is 0.148. The van der Waals surface area contributed by atoms with Crippen LogP contribution in [0.15, 0.2) is 79.1 Å². The van der Waals surface area contributed by atoms with E-state index in [4.69, 9.17) is 0 Å². The topological polar surface area (TPSA) is 3.88 Å². The van der Waals surface area contributed by atoms with E-state index in [0.29, 0.717) is 0 Å². The lowest BCUT2D eigenvalue weighted by molar-refractivity contribution is -0.697. The van der Waals surface area contributed by atoms with E-state index in [-0.39, 0.29) is 0 Å². The molecule has 0 fully saturated rings. The van der Waals surface area contributed by atoms with Gasteiger partial charge in [-0.25, -0.2) is 4.57 Å². The summed E-state index contributed by atoms with van der Waals surface area (Å²) in [6.07, 6.45) is 11.3. The summed E-state index contributed by atoms with van der Waals surface area (Å²) in [7, 11) is 0. The highest BCUT2D eigenvalue weighted by Gasteiger charge is 2.09. The van der Waals surface area contributed by atoms with Gasteiger partial charge < -0.3 is 0 Å². The summed E-state index contributed by atoms with van der Waals surface area (Å²) >= 11 is 0. The van der Waals surface area contributed by atoms with Crippen molar-refractivity contribution >= 4 is 44.5 Å². The van der Waals surface area contributed by atoms with Gasteiger partial charge in [0.15, 0.2) is 12.4 Å². The van der Waals surface area contributed by atoms with Crippen LogP contribution in [0, 0.1) is 0 Å². The Morgan fingerprint density at radius 1 is 0.714 bits per heavy atom. The van der Waals surface area contributed by atoms with Crippen LogP contribution in [0.1, 0.15) is 30.9 Å². The highest BCUT2D eigenvalue weighted by atomic mass is 14.9. The first-order valence-electron chi connectivity index (χ1n) is 10.2. The van der Waals surface area contributed by atoms with Crippen LogP contribution in [0.25, 0.3) is 44.5 Å². The summed E-state index contributed by atoms with van der Waals surface area (Å²) in [6, 6.07) is 24.4. The second-order valence-corrected chi connectivity index (χ2v) is 7.57. The van der Waals surface area contributed by atoms with Crippen LogP contribution in [-0.4, -0.2) is 0 Å². The molecule has 1 nitrogen and oxygen atoms in total. The number of aromatic nitrogens is 1. The molecule has 0 aliphatic heterocycles. The van der Waals surface area contributed by atoms with Gasteiger partial charge in [0.05, 0.1) is 0 Å². The van der Waals surface area contributed by atoms with E-state index in [1.165, 1.54) is 56.3 Å². The largest absolute Gasteiger partial charge is 0.205 e. The molecule has 0 aliphatic carbocycles. The van der Waals surface area contributed by atoms with Crippen molar-refractivity contribution in [1.29, 1.82) is 0 Å². The number of hydrogen-bond donors (Lipinski definition) is 0. The molecular formula is C27H24N+. The minimum absolute atomic E-state index is 1.09. The van der Waals surface area contributed by atoms with Gasteiger partial charge in [-0.05, 0) is 43.4 Å². The molecule has 0 saturated carbocycles. The second kappa shape index (κ2) is 7.09. The maximum Gasteiger partial charge on any atom is 0.169 e. The third kappa shape index (κ3) is 2.93. The molecule has 0 unspecified atom stereocenters. The Kier molecular flexibility index (Phi) is 4.29. The standard InChI is InChI=1S/C27H24N/c1-2-3-17-28-18-15-20(16-19-28)7-8-21-9-10-24-12-11-22-5-4-6-23-13-14-25(21)27(24)26(22)23/h4-16,18-19H,2-3,17H2,1H3/q+1/b8-7+. The molecule has 0 amide bonds. The Balaban J connectivity index is 1.56. The van der Waals surface area contributed by atoms with Crippen LogP contribution in [0.4, 0.5) is 0 Å². The monoisotopic (exact) mass is 362 g/mol. The molecule has 1 aromatic heterocycles. The minimum Gasteiger partial charge on any atom is -0.205 e. The highest BCUT2D eigenvalue weighted by molar-refractivity contribution is 6.24. The number of rotatable bonds is 5. The van der Waals surface area contributed by atoms with Gasteiger partial charge in [0.2, 0.25) is 0 Å². The highest BCUT2D eigenvalue weighted by Crippen LogP contribution is 2.36. The van der Waals surface area contributed by atoms with E-state index in [2.05, 4.69) is 103 Å². The molecule has 136 valence electrons. The number of hydrogen-bond acceptors (Lipinski definition) is 0. The molecular weight excluding hydrogens is 338 g/mol. The van der Waals surface area contributed by atoms with E-state index in [1.54, 1.807) is 0 Å². The van der Waals surface area contributed by atoms with Crippen molar-refractivity contribution < 1.29 is 4.57 Å². The zero-order valence-electron chi connectivity index (χ0n) is 16.2. The Morgan fingerprint density at radius 3 is 2.14 bits per heavy atom. The fourth-order valence-corrected chi connectivity index (χ4v) is 4.16. The van der Waals surface area contributed by atoms with Crippen LogP contribution >= 0.6 is 0 Å². The van der Waals surface area contributed by atoms with Crippen LogP contribution in [0.5, 0.6) is 0 Å². The van der Waals surface area contributed by atoms with E-state index in [1.807, 2.05) is 0 Å². The molecule has 0 bridgehead atoms. The van der Waals surface area contributed by atoms with Crippen molar-refractivity contribution in [2.45, 2.75) is 26.3 Å². The first-order valence-corrected chi connectivity index (χ1v) is 10.2. The molecule has 0 saturated heterocycles. The van der Waals surface area contributed by atoms with Crippen molar-refractivity contribution in [3.63, 3.8) is 0 Å². The van der Waals surface area contributed by atoms with Crippen molar-refractivity contribution in [2.75, 3.05) is 0 Å². The van der Waals surface area contributed by atoms with Gasteiger partial charge in [-0.3, -0.25) is 0 Å². The molecule has 0 atom stereocenters. The minimum atomic E-state index is 1.09. The molecule has 28 heavy (non-hydrogen) atoms. The smallest absolute Gasteiger partial charge is 0.169 e. The number of pyridine rings is 1. The van der Waals surface area contributed by atoms with Crippen molar-refractivity contribution in [2.24, 2.45) is 0 Å². The molecule has 1 heteroatoms. The Hall–Kier alpha value is -3.19. The van der Waals surface area contributed by atoms with Crippen molar-refractivity contribution in [1.82, 2.24) is 0 Å². The predicted molar refractivity (Wildman–Crippen MR) is 121 cm³/mol. The van der Waals surface area contributed by atoms with Crippen LogP contribution < -0.4 is 4.57 Å². The van der Waals surface area contributed by atoms with Gasteiger partial charge in [0, 0.05) is 18.6 Å². The average molecular weight is 362 g/mol. The van der Waals surface area contributed by atoms with Crippen LogP contribution in [-0.2, 0) is 6.54 Å². The molecule has 0 spiro atoms. The van der Waals surface area contributed by atoms with Crippen molar-refractivity contribution in [3.05, 3.63) is 90.3 Å². The number of nitrogens with zero attached hydrogens (tertiary/aromatic N) is 1. The summed E-state index contributed by atoms with van der Waals surface area (Å²) < 4.78 is 2.26. The van der Waals surface area contributed by atoms with Gasteiger partial charge in [0.25, 0.3) is 0 Å². The predicted octanol–water partition coefficient (Wildman–Crippen LogP) is 6.84. The van der Waals surface area contributed by atoms with Crippen LogP contribution in [0.3, 0.4) is 0 Å². The van der Waals surface area contributed by atoms with E-state index >= 15 is 0 Å². The molecule has 0 radical (unpaired) electrons.